The number of carbonyl (C=O) groups excluding carboxylic acids is 1. The van der Waals surface area contributed by atoms with Gasteiger partial charge in [-0.1, -0.05) is 23.2 Å². The van der Waals surface area contributed by atoms with Gasteiger partial charge in [-0.2, -0.15) is 0 Å². The molecule has 30 heavy (non-hydrogen) atoms. The van der Waals surface area contributed by atoms with Gasteiger partial charge in [-0.25, -0.2) is 4.98 Å². The molecule has 0 radical (unpaired) electrons. The summed E-state index contributed by atoms with van der Waals surface area (Å²) in [7, 11) is 0. The highest BCUT2D eigenvalue weighted by molar-refractivity contribution is 6.36. The molecule has 6 aliphatic rings. The number of hydrogen-bond donors (Lipinski definition) is 1. The molecule has 1 amide bonds. The van der Waals surface area contributed by atoms with Gasteiger partial charge in [0.15, 0.2) is 0 Å². The smallest absolute Gasteiger partial charge is 0.231 e. The zero-order valence-electron chi connectivity index (χ0n) is 18.2. The maximum absolute atomic E-state index is 14.0. The highest BCUT2D eigenvalue weighted by atomic mass is 35.5. The first kappa shape index (κ1) is 18.5. The van der Waals surface area contributed by atoms with Crippen molar-refractivity contribution in [3.05, 3.63) is 22.3 Å². The Hall–Kier alpha value is -1.04. The molecule has 1 aromatic rings. The number of nitrogens with zero attached hydrogens (tertiary/aromatic N) is 3. The molecule has 3 unspecified atom stereocenters. The predicted octanol–water partition coefficient (Wildman–Crippen LogP) is 4.15. The third-order valence-corrected chi connectivity index (χ3v) is 9.39. The van der Waals surface area contributed by atoms with Crippen molar-refractivity contribution in [2.24, 2.45) is 23.2 Å². The summed E-state index contributed by atoms with van der Waals surface area (Å²) in [6.07, 6.45) is 10.0. The number of pyridine rings is 1. The SMILES string of the molecule is [2H]OC1C2CC3CC1CC(N1CCC4(CCCN(c5ncc(Cl)cc5Cl)C4)C1=O)(C3)C2. The Morgan fingerprint density at radius 2 is 1.97 bits per heavy atom. The number of rotatable bonds is 3. The standard InChI is InChI=1S/C23H29Cl2N3O2/c24-17-8-18(25)20(26-12-17)27-4-1-2-22(13-27)3-5-28(21(22)30)23-9-14-6-15(10-23)19(29)16(7-14)11-23/h8,12,14-16,19,29H,1-7,9-11,13H2/i29D. The van der Waals surface area contributed by atoms with E-state index in [2.05, 4.69) is 14.8 Å². The van der Waals surface area contributed by atoms with Crippen molar-refractivity contribution in [3.63, 3.8) is 0 Å². The molecule has 3 heterocycles. The van der Waals surface area contributed by atoms with Crippen molar-refractivity contribution in [1.82, 2.24) is 9.88 Å². The van der Waals surface area contributed by atoms with E-state index in [9.17, 15) is 4.79 Å². The van der Waals surface area contributed by atoms with Gasteiger partial charge in [0.2, 0.25) is 7.34 Å². The van der Waals surface area contributed by atoms with Crippen LogP contribution in [0.15, 0.2) is 12.3 Å². The van der Waals surface area contributed by atoms with Crippen LogP contribution in [0.4, 0.5) is 5.82 Å². The Balaban J connectivity index is 1.26. The first-order valence-electron chi connectivity index (χ1n) is 11.8. The van der Waals surface area contributed by atoms with Gasteiger partial charge in [0.25, 0.3) is 0 Å². The fraction of sp³-hybridized carbons (Fsp3) is 0.739. The molecule has 5 nitrogen and oxygen atoms in total. The first-order chi connectivity index (χ1) is 14.9. The number of aliphatic hydroxyl groups is 1. The number of carbonyl (C=O) groups is 1. The fourth-order valence-electron chi connectivity index (χ4n) is 7.87. The van der Waals surface area contributed by atoms with Gasteiger partial charge < -0.3 is 14.9 Å². The van der Waals surface area contributed by atoms with Gasteiger partial charge in [-0.3, -0.25) is 4.79 Å². The predicted molar refractivity (Wildman–Crippen MR) is 117 cm³/mol. The molecule has 1 spiro atoms. The van der Waals surface area contributed by atoms with Crippen molar-refractivity contribution < 1.29 is 9.90 Å². The Morgan fingerprint density at radius 3 is 2.70 bits per heavy atom. The summed E-state index contributed by atoms with van der Waals surface area (Å²) in [6, 6.07) is 1.73. The van der Waals surface area contributed by atoms with E-state index in [0.717, 1.165) is 57.4 Å². The molecule has 2 aliphatic heterocycles. The molecule has 2 saturated heterocycles. The molecule has 4 bridgehead atoms. The second-order valence-electron chi connectivity index (χ2n) is 10.6. The van der Waals surface area contributed by atoms with Gasteiger partial charge in [0.1, 0.15) is 5.82 Å². The largest absolute Gasteiger partial charge is 0.393 e. The van der Waals surface area contributed by atoms with Crippen LogP contribution in [0.2, 0.25) is 10.0 Å². The fourth-order valence-corrected chi connectivity index (χ4v) is 8.37. The molecule has 7 rings (SSSR count). The zero-order chi connectivity index (χ0) is 21.4. The van der Waals surface area contributed by atoms with Crippen LogP contribution in [0.25, 0.3) is 0 Å². The van der Waals surface area contributed by atoms with Crippen LogP contribution >= 0.6 is 23.2 Å². The van der Waals surface area contributed by atoms with Gasteiger partial charge in [0, 0.05) is 31.4 Å². The van der Waals surface area contributed by atoms with Gasteiger partial charge in [0.05, 0.1) is 21.6 Å². The number of halogens is 2. The molecule has 3 atom stereocenters. The molecule has 7 heteroatoms. The lowest BCUT2D eigenvalue weighted by molar-refractivity contribution is -0.167. The average molecular weight is 451 g/mol. The highest BCUT2D eigenvalue weighted by Gasteiger charge is 2.62. The Morgan fingerprint density at radius 1 is 1.17 bits per heavy atom. The molecule has 0 aromatic carbocycles. The third-order valence-electron chi connectivity index (χ3n) is 8.90. The van der Waals surface area contributed by atoms with E-state index in [1.54, 1.807) is 12.3 Å². The summed E-state index contributed by atoms with van der Waals surface area (Å²) in [4.78, 5) is 23.0. The third kappa shape index (κ3) is 2.77. The summed E-state index contributed by atoms with van der Waals surface area (Å²) in [6.45, 7) is 2.40. The minimum atomic E-state index is -0.336. The van der Waals surface area contributed by atoms with E-state index in [1.807, 2.05) is 0 Å². The van der Waals surface area contributed by atoms with E-state index in [-0.39, 0.29) is 17.1 Å². The van der Waals surface area contributed by atoms with E-state index in [1.165, 1.54) is 12.8 Å². The molecular weight excluding hydrogens is 421 g/mol. The van der Waals surface area contributed by atoms with Crippen LogP contribution < -0.4 is 4.90 Å². The maximum Gasteiger partial charge on any atom is 0.231 e. The Kier molecular flexibility index (Phi) is 4.15. The molecule has 4 aliphatic carbocycles. The lowest BCUT2D eigenvalue weighted by atomic mass is 9.51. The monoisotopic (exact) mass is 450 g/mol. The molecule has 162 valence electrons. The summed E-state index contributed by atoms with van der Waals surface area (Å²) in [5, 5.41) is 6.24. The number of likely N-dealkylation sites (tertiary alicyclic amines) is 1. The lowest BCUT2D eigenvalue weighted by Crippen LogP contribution is -2.65. The number of anilines is 1. The molecular formula is C23H29Cl2N3O2. The van der Waals surface area contributed by atoms with Crippen molar-refractivity contribution >= 4 is 34.9 Å². The summed E-state index contributed by atoms with van der Waals surface area (Å²) >= 11 is 12.5. The van der Waals surface area contributed by atoms with Crippen LogP contribution in [0.1, 0.15) is 51.4 Å². The topological polar surface area (TPSA) is 56.7 Å². The van der Waals surface area contributed by atoms with Crippen LogP contribution in [0, 0.1) is 23.2 Å². The van der Waals surface area contributed by atoms with Crippen LogP contribution in [0.5, 0.6) is 0 Å². The van der Waals surface area contributed by atoms with Gasteiger partial charge in [-0.05, 0) is 75.2 Å². The average Bonchev–Trinajstić information content (AvgIpc) is 3.04. The molecule has 1 aromatic heterocycles. The number of amides is 1. The second kappa shape index (κ2) is 6.73. The van der Waals surface area contributed by atoms with E-state index in [0.29, 0.717) is 40.3 Å². The normalized spacial score (nSPS) is 43.0. The number of aromatic nitrogens is 1. The Labute approximate surface area is 189 Å². The minimum absolute atomic E-state index is 0.00937. The summed E-state index contributed by atoms with van der Waals surface area (Å²) in [5.74, 6) is 2.64. The van der Waals surface area contributed by atoms with Gasteiger partial charge >= 0.3 is 0 Å². The quantitative estimate of drug-likeness (QED) is 0.751. The molecule has 1 N–H and O–H groups in total. The number of piperidine rings is 1. The number of aliphatic hydroxyl groups excluding tert-OH is 1. The van der Waals surface area contributed by atoms with Crippen LogP contribution in [-0.2, 0) is 4.79 Å². The zero-order valence-corrected chi connectivity index (χ0v) is 18.7. The van der Waals surface area contributed by atoms with E-state index < -0.39 is 0 Å². The second-order valence-corrected chi connectivity index (χ2v) is 11.5. The van der Waals surface area contributed by atoms with Crippen molar-refractivity contribution in [1.29, 1.82) is 1.43 Å². The van der Waals surface area contributed by atoms with Crippen molar-refractivity contribution in [3.8, 4) is 0 Å². The molecule has 6 fully saturated rings. The van der Waals surface area contributed by atoms with E-state index in [4.69, 9.17) is 29.7 Å². The highest BCUT2D eigenvalue weighted by Crippen LogP contribution is 2.59. The summed E-state index contributed by atoms with van der Waals surface area (Å²) < 4.78 is 7.57. The minimum Gasteiger partial charge on any atom is -0.393 e. The maximum atomic E-state index is 14.0. The van der Waals surface area contributed by atoms with E-state index >= 15 is 0 Å². The summed E-state index contributed by atoms with van der Waals surface area (Å²) in [5.41, 5.74) is -0.345. The lowest BCUT2D eigenvalue weighted by Gasteiger charge is -2.61. The van der Waals surface area contributed by atoms with Crippen LogP contribution in [-0.4, -0.2) is 53.6 Å². The Bertz CT molecular complexity index is 901. The van der Waals surface area contributed by atoms with Gasteiger partial charge in [-0.15, -0.1) is 0 Å². The van der Waals surface area contributed by atoms with Crippen LogP contribution in [0.3, 0.4) is 0 Å². The number of hydrogen-bond acceptors (Lipinski definition) is 4. The molecule has 4 saturated carbocycles. The first-order valence-corrected chi connectivity index (χ1v) is 12.2. The van der Waals surface area contributed by atoms with Crippen molar-refractivity contribution in [2.75, 3.05) is 24.5 Å². The van der Waals surface area contributed by atoms with Crippen molar-refractivity contribution in [2.45, 2.75) is 63.0 Å².